The summed E-state index contributed by atoms with van der Waals surface area (Å²) in [5, 5.41) is 7.42. The van der Waals surface area contributed by atoms with E-state index in [2.05, 4.69) is 143 Å². The van der Waals surface area contributed by atoms with Gasteiger partial charge >= 0.3 is 7.12 Å². The quantitative estimate of drug-likeness (QED) is 0.176. The van der Waals surface area contributed by atoms with E-state index in [0.29, 0.717) is 0 Å². The molecule has 1 heterocycles. The third-order valence-corrected chi connectivity index (χ3v) is 8.67. The summed E-state index contributed by atoms with van der Waals surface area (Å²) in [6.45, 7) is 8.42. The van der Waals surface area contributed by atoms with Crippen LogP contribution in [0.15, 0.2) is 115 Å². The predicted octanol–water partition coefficient (Wildman–Crippen LogP) is 8.78. The van der Waals surface area contributed by atoms with Crippen molar-refractivity contribution in [2.75, 3.05) is 0 Å². The van der Waals surface area contributed by atoms with Crippen molar-refractivity contribution in [1.82, 2.24) is 0 Å². The molecule has 0 aromatic heterocycles. The molecule has 0 radical (unpaired) electrons. The molecule has 0 saturated carbocycles. The van der Waals surface area contributed by atoms with Crippen LogP contribution < -0.4 is 5.46 Å². The average Bonchev–Trinajstić information content (AvgIpc) is 3.17. The van der Waals surface area contributed by atoms with Gasteiger partial charge in [-0.05, 0) is 93.8 Å². The lowest BCUT2D eigenvalue weighted by atomic mass is 9.76. The molecule has 0 atom stereocenters. The molecule has 1 fully saturated rings. The minimum atomic E-state index is -0.418. The maximum Gasteiger partial charge on any atom is 0.494 e. The van der Waals surface area contributed by atoms with Crippen molar-refractivity contribution in [3.63, 3.8) is 0 Å². The van der Waals surface area contributed by atoms with Crippen molar-refractivity contribution in [2.24, 2.45) is 0 Å². The molecule has 1 aliphatic rings. The molecule has 0 bridgehead atoms. The van der Waals surface area contributed by atoms with Gasteiger partial charge in [-0.15, -0.1) is 0 Å². The van der Waals surface area contributed by atoms with Crippen molar-refractivity contribution in [2.45, 2.75) is 38.9 Å². The van der Waals surface area contributed by atoms with Gasteiger partial charge in [0.1, 0.15) is 0 Å². The van der Waals surface area contributed by atoms with Crippen LogP contribution in [0.25, 0.3) is 54.6 Å². The first kappa shape index (κ1) is 24.1. The Morgan fingerprint density at radius 1 is 0.462 bits per heavy atom. The van der Waals surface area contributed by atoms with E-state index in [1.807, 2.05) is 0 Å². The predicted molar refractivity (Wildman–Crippen MR) is 166 cm³/mol. The Balaban J connectivity index is 1.55. The Bertz CT molecular complexity index is 1850. The molecular formula is C36H31BO2. The van der Waals surface area contributed by atoms with E-state index >= 15 is 0 Å². The first-order valence-electron chi connectivity index (χ1n) is 13.7. The van der Waals surface area contributed by atoms with E-state index in [4.69, 9.17) is 9.31 Å². The van der Waals surface area contributed by atoms with Gasteiger partial charge in [0.2, 0.25) is 0 Å². The number of hydrogen-bond acceptors (Lipinski definition) is 2. The van der Waals surface area contributed by atoms with Gasteiger partial charge in [0, 0.05) is 0 Å². The summed E-state index contributed by atoms with van der Waals surface area (Å²) in [4.78, 5) is 0. The van der Waals surface area contributed by atoms with Crippen LogP contribution in [-0.4, -0.2) is 18.3 Å². The Labute approximate surface area is 230 Å². The molecular weight excluding hydrogens is 475 g/mol. The van der Waals surface area contributed by atoms with Crippen LogP contribution in [0.3, 0.4) is 0 Å². The molecule has 0 spiro atoms. The first-order chi connectivity index (χ1) is 18.8. The summed E-state index contributed by atoms with van der Waals surface area (Å²) in [5.74, 6) is 0. The monoisotopic (exact) mass is 506 g/mol. The van der Waals surface area contributed by atoms with E-state index in [1.54, 1.807) is 0 Å². The van der Waals surface area contributed by atoms with Crippen molar-refractivity contribution in [3.8, 4) is 22.3 Å². The fraction of sp³-hybridized carbons (Fsp3) is 0.167. The normalized spacial score (nSPS) is 16.4. The fourth-order valence-corrected chi connectivity index (χ4v) is 5.89. The van der Waals surface area contributed by atoms with Crippen LogP contribution in [0, 0.1) is 0 Å². The Kier molecular flexibility index (Phi) is 5.45. The zero-order chi connectivity index (χ0) is 26.8. The van der Waals surface area contributed by atoms with Gasteiger partial charge in [0.05, 0.1) is 11.2 Å². The van der Waals surface area contributed by atoms with Crippen molar-refractivity contribution in [1.29, 1.82) is 0 Å². The molecule has 6 aromatic rings. The summed E-state index contributed by atoms with van der Waals surface area (Å²) in [7, 11) is -0.418. The minimum Gasteiger partial charge on any atom is -0.399 e. The summed E-state index contributed by atoms with van der Waals surface area (Å²) in [6, 6.07) is 41.6. The van der Waals surface area contributed by atoms with E-state index in [9.17, 15) is 0 Å². The van der Waals surface area contributed by atoms with E-state index < -0.39 is 18.3 Å². The molecule has 39 heavy (non-hydrogen) atoms. The van der Waals surface area contributed by atoms with Crippen molar-refractivity contribution < 1.29 is 9.31 Å². The molecule has 1 aliphatic heterocycles. The third-order valence-electron chi connectivity index (χ3n) is 8.67. The summed E-state index contributed by atoms with van der Waals surface area (Å²) in [5.41, 5.74) is 5.17. The largest absolute Gasteiger partial charge is 0.494 e. The highest BCUT2D eigenvalue weighted by Gasteiger charge is 2.51. The SMILES string of the molecule is CC1(C)OB(c2ccc3c(-c4ccc5ccccc5c4)c4ccccc4c(-c4ccccc4)c3c2)OC1(C)C. The highest BCUT2D eigenvalue weighted by atomic mass is 16.7. The number of benzene rings is 6. The molecule has 190 valence electrons. The number of fused-ring (bicyclic) bond motifs is 3. The smallest absolute Gasteiger partial charge is 0.399 e. The molecule has 0 N–H and O–H groups in total. The fourth-order valence-electron chi connectivity index (χ4n) is 5.89. The van der Waals surface area contributed by atoms with Gasteiger partial charge < -0.3 is 9.31 Å². The third kappa shape index (κ3) is 3.88. The van der Waals surface area contributed by atoms with Crippen LogP contribution in [0.2, 0.25) is 0 Å². The topological polar surface area (TPSA) is 18.5 Å². The summed E-state index contributed by atoms with van der Waals surface area (Å²) in [6.07, 6.45) is 0. The number of rotatable bonds is 3. The van der Waals surface area contributed by atoms with Crippen LogP contribution in [-0.2, 0) is 9.31 Å². The van der Waals surface area contributed by atoms with Crippen LogP contribution in [0.4, 0.5) is 0 Å². The Hall–Kier alpha value is -3.92. The van der Waals surface area contributed by atoms with Gasteiger partial charge in [0.25, 0.3) is 0 Å². The Morgan fingerprint density at radius 2 is 1.03 bits per heavy atom. The van der Waals surface area contributed by atoms with Gasteiger partial charge in [-0.1, -0.05) is 109 Å². The number of hydrogen-bond donors (Lipinski definition) is 0. The van der Waals surface area contributed by atoms with E-state index in [0.717, 1.165) is 5.46 Å². The van der Waals surface area contributed by atoms with E-state index in [-0.39, 0.29) is 0 Å². The molecule has 2 nitrogen and oxygen atoms in total. The van der Waals surface area contributed by atoms with Gasteiger partial charge in [0.15, 0.2) is 0 Å². The van der Waals surface area contributed by atoms with Crippen LogP contribution in [0.5, 0.6) is 0 Å². The average molecular weight is 506 g/mol. The zero-order valence-electron chi connectivity index (χ0n) is 22.9. The van der Waals surface area contributed by atoms with Crippen molar-refractivity contribution in [3.05, 3.63) is 115 Å². The molecule has 0 aliphatic carbocycles. The Morgan fingerprint density at radius 3 is 1.72 bits per heavy atom. The lowest BCUT2D eigenvalue weighted by molar-refractivity contribution is 0.00578. The highest BCUT2D eigenvalue weighted by molar-refractivity contribution is 6.62. The standard InChI is InChI=1S/C36H31BO2/c1-35(2)36(3,4)39-37(38-35)28-20-21-31-32(23-28)33(25-13-6-5-7-14-25)29-16-10-11-17-30(29)34(31)27-19-18-24-12-8-9-15-26(24)22-27/h5-23H,1-4H3. The second-order valence-electron chi connectivity index (χ2n) is 11.6. The van der Waals surface area contributed by atoms with Crippen LogP contribution >= 0.6 is 0 Å². The van der Waals surface area contributed by atoms with Crippen LogP contribution in [0.1, 0.15) is 27.7 Å². The minimum absolute atomic E-state index is 0.394. The maximum absolute atomic E-state index is 6.47. The van der Waals surface area contributed by atoms with Crippen molar-refractivity contribution >= 4 is 44.9 Å². The summed E-state index contributed by atoms with van der Waals surface area (Å²) < 4.78 is 12.9. The highest BCUT2D eigenvalue weighted by Crippen LogP contribution is 2.44. The first-order valence-corrected chi connectivity index (χ1v) is 13.7. The molecule has 6 aromatic carbocycles. The van der Waals surface area contributed by atoms with Gasteiger partial charge in [-0.25, -0.2) is 0 Å². The van der Waals surface area contributed by atoms with Gasteiger partial charge in [-0.2, -0.15) is 0 Å². The second kappa shape index (κ2) is 8.81. The molecule has 0 unspecified atom stereocenters. The molecule has 1 saturated heterocycles. The lowest BCUT2D eigenvalue weighted by Crippen LogP contribution is -2.41. The lowest BCUT2D eigenvalue weighted by Gasteiger charge is -2.32. The molecule has 7 rings (SSSR count). The zero-order valence-corrected chi connectivity index (χ0v) is 22.9. The second-order valence-corrected chi connectivity index (χ2v) is 11.6. The van der Waals surface area contributed by atoms with E-state index in [1.165, 1.54) is 54.6 Å². The van der Waals surface area contributed by atoms with Gasteiger partial charge in [-0.3, -0.25) is 0 Å². The maximum atomic E-state index is 6.47. The molecule has 3 heteroatoms. The molecule has 0 amide bonds. The summed E-state index contributed by atoms with van der Waals surface area (Å²) >= 11 is 0.